The minimum atomic E-state index is -0.826. The number of allylic oxidation sites excluding steroid dienone is 4. The van der Waals surface area contributed by atoms with Gasteiger partial charge in [-0.3, -0.25) is 4.79 Å². The number of piperazine rings is 1. The second-order valence-electron chi connectivity index (χ2n) is 10.8. The van der Waals surface area contributed by atoms with Crippen LogP contribution in [-0.4, -0.2) is 59.6 Å². The van der Waals surface area contributed by atoms with Crippen LogP contribution in [0.2, 0.25) is 0 Å². The van der Waals surface area contributed by atoms with Gasteiger partial charge in [0.15, 0.2) is 0 Å². The Balaban J connectivity index is 1.64. The van der Waals surface area contributed by atoms with Crippen molar-refractivity contribution in [2.24, 2.45) is 5.73 Å². The normalized spacial score (nSPS) is 21.1. The van der Waals surface area contributed by atoms with Crippen LogP contribution in [-0.2, 0) is 15.6 Å². The Morgan fingerprint density at radius 3 is 2.27 bits per heavy atom. The van der Waals surface area contributed by atoms with Crippen molar-refractivity contribution >= 4 is 11.5 Å². The third-order valence-electron chi connectivity index (χ3n) is 7.45. The van der Waals surface area contributed by atoms with Crippen molar-refractivity contribution in [1.29, 1.82) is 0 Å². The van der Waals surface area contributed by atoms with Crippen LogP contribution in [0.5, 0.6) is 0 Å². The number of amides is 1. The fourth-order valence-electron chi connectivity index (χ4n) is 4.87. The molecule has 3 rings (SSSR count). The van der Waals surface area contributed by atoms with Gasteiger partial charge in [0.1, 0.15) is 6.04 Å². The van der Waals surface area contributed by atoms with Crippen LogP contribution in [0.25, 0.3) is 5.57 Å². The highest BCUT2D eigenvalue weighted by molar-refractivity contribution is 5.81. The maximum atomic E-state index is 12.1. The highest BCUT2D eigenvalue weighted by Gasteiger charge is 2.36. The summed E-state index contributed by atoms with van der Waals surface area (Å²) < 4.78 is 0. The molecule has 0 aromatic heterocycles. The number of nitrogens with zero attached hydrogens (tertiary/aromatic N) is 2. The Kier molecular flexibility index (Phi) is 7.55. The van der Waals surface area contributed by atoms with Gasteiger partial charge < -0.3 is 20.6 Å². The highest BCUT2D eigenvalue weighted by Crippen LogP contribution is 2.46. The Hall–Kier alpha value is -2.37. The molecule has 1 aliphatic carbocycles. The molecule has 1 heterocycles. The first-order valence-electron chi connectivity index (χ1n) is 12.1. The Morgan fingerprint density at radius 1 is 1.09 bits per heavy atom. The van der Waals surface area contributed by atoms with Crippen molar-refractivity contribution in [3.8, 4) is 0 Å². The first-order chi connectivity index (χ1) is 15.5. The van der Waals surface area contributed by atoms with E-state index in [-0.39, 0.29) is 23.3 Å². The lowest BCUT2D eigenvalue weighted by molar-refractivity contribution is -0.134. The number of hydrogen-bond acceptors (Lipinski definition) is 4. The van der Waals surface area contributed by atoms with Crippen LogP contribution < -0.4 is 5.73 Å². The standard InChI is InChI=1S/C28H41N3O2/c1-20(22-10-11-23-24(18-22)28(5,6)13-12-27(23,3)4)8-7-9-21(2)30-14-16-31(17-15-30)26(33)25(29)19-32/h7-11,18,25,32H,2,12-17,19,29H2,1,3-6H3/b9-7-,20-8+. The van der Waals surface area contributed by atoms with E-state index in [2.05, 4.69) is 76.4 Å². The maximum absolute atomic E-state index is 12.1. The van der Waals surface area contributed by atoms with Crippen molar-refractivity contribution in [1.82, 2.24) is 9.80 Å². The molecule has 1 atom stereocenters. The zero-order chi connectivity index (χ0) is 24.4. The molecule has 1 amide bonds. The third-order valence-corrected chi connectivity index (χ3v) is 7.45. The van der Waals surface area contributed by atoms with E-state index in [1.807, 2.05) is 6.08 Å². The molecule has 1 aliphatic heterocycles. The first-order valence-corrected chi connectivity index (χ1v) is 12.1. The molecule has 1 saturated heterocycles. The van der Waals surface area contributed by atoms with Gasteiger partial charge in [0.2, 0.25) is 5.91 Å². The van der Waals surface area contributed by atoms with Crippen molar-refractivity contribution in [2.75, 3.05) is 32.8 Å². The van der Waals surface area contributed by atoms with Gasteiger partial charge >= 0.3 is 0 Å². The van der Waals surface area contributed by atoms with E-state index in [0.717, 1.165) is 5.70 Å². The molecule has 1 fully saturated rings. The summed E-state index contributed by atoms with van der Waals surface area (Å²) in [6.07, 6.45) is 8.68. The molecule has 1 aromatic carbocycles. The first kappa shape index (κ1) is 25.3. The summed E-state index contributed by atoms with van der Waals surface area (Å²) >= 11 is 0. The Labute approximate surface area is 199 Å². The monoisotopic (exact) mass is 451 g/mol. The van der Waals surface area contributed by atoms with Crippen LogP contribution in [0.15, 0.2) is 48.7 Å². The van der Waals surface area contributed by atoms with Crippen molar-refractivity contribution in [3.63, 3.8) is 0 Å². The van der Waals surface area contributed by atoms with Crippen LogP contribution in [0.1, 0.15) is 64.2 Å². The fraction of sp³-hybridized carbons (Fsp3) is 0.536. The van der Waals surface area contributed by atoms with E-state index >= 15 is 0 Å². The molecule has 0 spiro atoms. The zero-order valence-electron chi connectivity index (χ0n) is 21.0. The van der Waals surface area contributed by atoms with Crippen LogP contribution in [0.4, 0.5) is 0 Å². The molecule has 3 N–H and O–H groups in total. The van der Waals surface area contributed by atoms with Crippen molar-refractivity contribution < 1.29 is 9.90 Å². The van der Waals surface area contributed by atoms with E-state index in [1.54, 1.807) is 4.90 Å². The van der Waals surface area contributed by atoms with Crippen LogP contribution in [0, 0.1) is 0 Å². The maximum Gasteiger partial charge on any atom is 0.241 e. The second-order valence-corrected chi connectivity index (χ2v) is 10.8. The quantitative estimate of drug-likeness (QED) is 0.642. The lowest BCUT2D eigenvalue weighted by Gasteiger charge is -2.42. The topological polar surface area (TPSA) is 69.8 Å². The fourth-order valence-corrected chi connectivity index (χ4v) is 4.87. The third kappa shape index (κ3) is 5.59. The predicted octanol–water partition coefficient (Wildman–Crippen LogP) is 3.97. The number of rotatable bonds is 6. The minimum absolute atomic E-state index is 0.187. The summed E-state index contributed by atoms with van der Waals surface area (Å²) in [6, 6.07) is 6.14. The molecule has 0 saturated carbocycles. The summed E-state index contributed by atoms with van der Waals surface area (Å²) in [5.41, 5.74) is 12.5. The summed E-state index contributed by atoms with van der Waals surface area (Å²) in [4.78, 5) is 16.0. The lowest BCUT2D eigenvalue weighted by atomic mass is 9.63. The Morgan fingerprint density at radius 2 is 1.67 bits per heavy atom. The molecule has 180 valence electrons. The number of carbonyl (C=O) groups excluding carboxylic acids is 1. The van der Waals surface area contributed by atoms with E-state index in [0.29, 0.717) is 26.2 Å². The Bertz CT molecular complexity index is 950. The van der Waals surface area contributed by atoms with E-state index in [1.165, 1.54) is 35.1 Å². The lowest BCUT2D eigenvalue weighted by Crippen LogP contribution is -2.53. The van der Waals surface area contributed by atoms with E-state index in [9.17, 15) is 4.79 Å². The van der Waals surface area contributed by atoms with E-state index < -0.39 is 6.04 Å². The SMILES string of the molecule is C=C(/C=C\C=C(/C)c1ccc2c(c1)C(C)(C)CCC2(C)C)N1CCN(C(=O)C(N)CO)CC1. The smallest absolute Gasteiger partial charge is 0.241 e. The van der Waals surface area contributed by atoms with Gasteiger partial charge in [0.05, 0.1) is 6.61 Å². The van der Waals surface area contributed by atoms with Gasteiger partial charge in [-0.15, -0.1) is 0 Å². The molecule has 33 heavy (non-hydrogen) atoms. The zero-order valence-corrected chi connectivity index (χ0v) is 21.0. The number of benzene rings is 1. The van der Waals surface area contributed by atoms with Gasteiger partial charge in [-0.25, -0.2) is 0 Å². The number of nitrogens with two attached hydrogens (primary N) is 1. The number of hydrogen-bond donors (Lipinski definition) is 2. The average molecular weight is 452 g/mol. The molecule has 1 aromatic rings. The van der Waals surface area contributed by atoms with Crippen molar-refractivity contribution in [2.45, 2.75) is 64.3 Å². The van der Waals surface area contributed by atoms with E-state index in [4.69, 9.17) is 10.8 Å². The summed E-state index contributed by atoms with van der Waals surface area (Å²) in [5, 5.41) is 9.10. The summed E-state index contributed by atoms with van der Waals surface area (Å²) in [7, 11) is 0. The molecular formula is C28H41N3O2. The molecular weight excluding hydrogens is 410 g/mol. The summed E-state index contributed by atoms with van der Waals surface area (Å²) in [5.74, 6) is -0.187. The van der Waals surface area contributed by atoms with Gasteiger partial charge in [-0.2, -0.15) is 0 Å². The predicted molar refractivity (Wildman–Crippen MR) is 137 cm³/mol. The number of fused-ring (bicyclic) bond motifs is 1. The van der Waals surface area contributed by atoms with Gasteiger partial charge in [0, 0.05) is 31.9 Å². The molecule has 2 aliphatic rings. The van der Waals surface area contributed by atoms with Gasteiger partial charge in [-0.1, -0.05) is 64.6 Å². The van der Waals surface area contributed by atoms with Gasteiger partial charge in [-0.05, 0) is 58.9 Å². The minimum Gasteiger partial charge on any atom is -0.394 e. The van der Waals surface area contributed by atoms with Gasteiger partial charge in [0.25, 0.3) is 0 Å². The van der Waals surface area contributed by atoms with Crippen molar-refractivity contribution in [3.05, 3.63) is 65.4 Å². The number of carbonyl (C=O) groups is 1. The van der Waals surface area contributed by atoms with Crippen LogP contribution >= 0.6 is 0 Å². The molecule has 5 heteroatoms. The molecule has 1 unspecified atom stereocenters. The largest absolute Gasteiger partial charge is 0.394 e. The molecule has 0 bridgehead atoms. The summed E-state index contributed by atoms with van der Waals surface area (Å²) in [6.45, 7) is 18.1. The average Bonchev–Trinajstić information content (AvgIpc) is 2.80. The molecule has 5 nitrogen and oxygen atoms in total. The number of aliphatic hydroxyl groups is 1. The second kappa shape index (κ2) is 9.86. The highest BCUT2D eigenvalue weighted by atomic mass is 16.3. The number of aliphatic hydroxyl groups excluding tert-OH is 1. The molecule has 0 radical (unpaired) electrons. The van der Waals surface area contributed by atoms with Crippen LogP contribution in [0.3, 0.4) is 0 Å².